The zero-order chi connectivity index (χ0) is 21.1. The molecule has 2 aromatic rings. The first-order valence-corrected chi connectivity index (χ1v) is 9.83. The highest BCUT2D eigenvalue weighted by atomic mass is 16.2. The molecule has 0 radical (unpaired) electrons. The first-order valence-electron chi connectivity index (χ1n) is 9.83. The van der Waals surface area contributed by atoms with Gasteiger partial charge in [-0.05, 0) is 31.0 Å². The summed E-state index contributed by atoms with van der Waals surface area (Å²) in [6, 6.07) is 7.42. The number of amides is 1. The third-order valence-corrected chi connectivity index (χ3v) is 5.72. The van der Waals surface area contributed by atoms with E-state index in [1.54, 1.807) is 7.05 Å². The normalized spacial score (nSPS) is 15.4. The second-order valence-corrected chi connectivity index (χ2v) is 7.72. The van der Waals surface area contributed by atoms with Gasteiger partial charge in [0.15, 0.2) is 0 Å². The summed E-state index contributed by atoms with van der Waals surface area (Å²) < 4.78 is 2.63. The molecule has 29 heavy (non-hydrogen) atoms. The van der Waals surface area contributed by atoms with Crippen LogP contribution in [0.1, 0.15) is 16.8 Å². The second-order valence-electron chi connectivity index (χ2n) is 7.72. The van der Waals surface area contributed by atoms with Crippen molar-refractivity contribution < 1.29 is 4.79 Å². The van der Waals surface area contributed by atoms with Crippen molar-refractivity contribution in [3.63, 3.8) is 0 Å². The molecule has 1 N–H and O–H groups in total. The summed E-state index contributed by atoms with van der Waals surface area (Å²) in [5, 5.41) is 3.01. The average molecular weight is 399 g/mol. The minimum absolute atomic E-state index is 0.0129. The molecule has 0 spiro atoms. The maximum absolute atomic E-state index is 12.4. The maximum atomic E-state index is 12.4. The highest BCUT2D eigenvalue weighted by Crippen LogP contribution is 2.18. The lowest BCUT2D eigenvalue weighted by molar-refractivity contribution is -0.117. The molecule has 3 rings (SSSR count). The Morgan fingerprint density at radius 2 is 1.66 bits per heavy atom. The number of piperazine rings is 1. The van der Waals surface area contributed by atoms with Crippen LogP contribution in [0, 0.1) is 13.8 Å². The van der Waals surface area contributed by atoms with Crippen LogP contribution in [0.15, 0.2) is 33.9 Å². The zero-order valence-corrected chi connectivity index (χ0v) is 17.6. The van der Waals surface area contributed by atoms with Gasteiger partial charge in [-0.2, -0.15) is 0 Å². The number of rotatable bonds is 5. The summed E-state index contributed by atoms with van der Waals surface area (Å²) in [5.41, 5.74) is 3.21. The average Bonchev–Trinajstić information content (AvgIpc) is 2.69. The molecule has 0 saturated carbocycles. The van der Waals surface area contributed by atoms with Crippen LogP contribution in [-0.4, -0.2) is 57.6 Å². The molecule has 1 amide bonds. The van der Waals surface area contributed by atoms with Gasteiger partial charge in [-0.1, -0.05) is 12.1 Å². The van der Waals surface area contributed by atoms with Crippen molar-refractivity contribution in [2.45, 2.75) is 20.4 Å². The largest absolute Gasteiger partial charge is 0.330 e. The molecule has 0 bridgehead atoms. The monoisotopic (exact) mass is 399 g/mol. The van der Waals surface area contributed by atoms with Crippen LogP contribution in [0.3, 0.4) is 0 Å². The number of hydrogen-bond donors (Lipinski definition) is 1. The van der Waals surface area contributed by atoms with Gasteiger partial charge in [-0.3, -0.25) is 28.5 Å². The third kappa shape index (κ3) is 4.83. The van der Waals surface area contributed by atoms with Crippen molar-refractivity contribution in [3.05, 3.63) is 61.9 Å². The van der Waals surface area contributed by atoms with Crippen LogP contribution in [-0.2, 0) is 25.4 Å². The number of nitrogens with zero attached hydrogens (tertiary/aromatic N) is 4. The molecule has 1 aliphatic heterocycles. The first-order chi connectivity index (χ1) is 13.8. The Hall–Kier alpha value is -2.71. The highest BCUT2D eigenvalue weighted by Gasteiger charge is 2.20. The molecule has 1 aromatic heterocycles. The SMILES string of the molecule is Cc1cccc(NC(=O)CN2CCN(Cc3cc(=O)n(C)c(=O)n3C)CC2)c1C. The molecule has 156 valence electrons. The standard InChI is InChI=1S/C21H29N5O3/c1-15-6-5-7-18(16(15)2)22-19(27)14-26-10-8-25(9-11-26)13-17-12-20(28)24(4)21(29)23(17)3/h5-7,12H,8-11,13-14H2,1-4H3,(H,22,27). The Morgan fingerprint density at radius 1 is 1.00 bits per heavy atom. The fourth-order valence-corrected chi connectivity index (χ4v) is 3.54. The van der Waals surface area contributed by atoms with Crippen LogP contribution in [0.4, 0.5) is 5.69 Å². The molecule has 8 nitrogen and oxygen atoms in total. The van der Waals surface area contributed by atoms with Crippen LogP contribution in [0.5, 0.6) is 0 Å². The minimum Gasteiger partial charge on any atom is -0.325 e. The fraction of sp³-hybridized carbons (Fsp3) is 0.476. The van der Waals surface area contributed by atoms with E-state index in [1.807, 2.05) is 32.0 Å². The molecule has 8 heteroatoms. The van der Waals surface area contributed by atoms with E-state index in [9.17, 15) is 14.4 Å². The second kappa shape index (κ2) is 8.75. The smallest absolute Gasteiger partial charge is 0.325 e. The van der Waals surface area contributed by atoms with Gasteiger partial charge in [-0.15, -0.1) is 0 Å². The van der Waals surface area contributed by atoms with Gasteiger partial charge < -0.3 is 5.32 Å². The van der Waals surface area contributed by atoms with Crippen molar-refractivity contribution in [1.82, 2.24) is 18.9 Å². The number of hydrogen-bond acceptors (Lipinski definition) is 5. The van der Waals surface area contributed by atoms with E-state index in [4.69, 9.17) is 0 Å². The van der Waals surface area contributed by atoms with E-state index in [0.29, 0.717) is 18.8 Å². The number of benzene rings is 1. The van der Waals surface area contributed by atoms with Crippen LogP contribution < -0.4 is 16.6 Å². The van der Waals surface area contributed by atoms with Crippen molar-refractivity contribution in [2.24, 2.45) is 14.1 Å². The Balaban J connectivity index is 1.53. The lowest BCUT2D eigenvalue weighted by atomic mass is 10.1. The first kappa shape index (κ1) is 21.0. The van der Waals surface area contributed by atoms with E-state index in [0.717, 1.165) is 47.6 Å². The summed E-state index contributed by atoms with van der Waals surface area (Å²) in [6.07, 6.45) is 0. The van der Waals surface area contributed by atoms with Gasteiger partial charge >= 0.3 is 5.69 Å². The third-order valence-electron chi connectivity index (χ3n) is 5.72. The summed E-state index contributed by atoms with van der Waals surface area (Å²) in [5.74, 6) is -0.0129. The van der Waals surface area contributed by atoms with Gasteiger partial charge in [0.25, 0.3) is 5.56 Å². The summed E-state index contributed by atoms with van der Waals surface area (Å²) in [6.45, 7) is 8.02. The molecular formula is C21H29N5O3. The van der Waals surface area contributed by atoms with Gasteiger partial charge in [0.1, 0.15) is 0 Å². The van der Waals surface area contributed by atoms with Gasteiger partial charge in [0, 0.05) is 64.3 Å². The topological polar surface area (TPSA) is 79.6 Å². The molecule has 1 aromatic carbocycles. The Kier molecular flexibility index (Phi) is 6.34. The fourth-order valence-electron chi connectivity index (χ4n) is 3.54. The van der Waals surface area contributed by atoms with E-state index in [2.05, 4.69) is 15.1 Å². The molecule has 0 atom stereocenters. The van der Waals surface area contributed by atoms with Crippen molar-refractivity contribution in [2.75, 3.05) is 38.0 Å². The van der Waals surface area contributed by atoms with E-state index in [1.165, 1.54) is 17.7 Å². The number of nitrogens with one attached hydrogen (secondary N) is 1. The summed E-state index contributed by atoms with van der Waals surface area (Å²) >= 11 is 0. The number of aryl methyl sites for hydroxylation is 1. The molecule has 0 aliphatic carbocycles. The van der Waals surface area contributed by atoms with Crippen molar-refractivity contribution in [1.29, 1.82) is 0 Å². The lowest BCUT2D eigenvalue weighted by Crippen LogP contribution is -2.49. The summed E-state index contributed by atoms with van der Waals surface area (Å²) in [4.78, 5) is 40.7. The lowest BCUT2D eigenvalue weighted by Gasteiger charge is -2.34. The maximum Gasteiger partial charge on any atom is 0.330 e. The predicted octanol–water partition coefficient (Wildman–Crippen LogP) is 0.457. The van der Waals surface area contributed by atoms with E-state index >= 15 is 0 Å². The van der Waals surface area contributed by atoms with Crippen LogP contribution >= 0.6 is 0 Å². The molecule has 1 aliphatic rings. The van der Waals surface area contributed by atoms with Gasteiger partial charge in [-0.25, -0.2) is 4.79 Å². The van der Waals surface area contributed by atoms with Crippen molar-refractivity contribution in [3.8, 4) is 0 Å². The Morgan fingerprint density at radius 3 is 2.34 bits per heavy atom. The highest BCUT2D eigenvalue weighted by molar-refractivity contribution is 5.93. The molecule has 1 fully saturated rings. The quantitative estimate of drug-likeness (QED) is 0.790. The Bertz CT molecular complexity index is 1020. The van der Waals surface area contributed by atoms with Gasteiger partial charge in [0.05, 0.1) is 6.54 Å². The molecule has 2 heterocycles. The van der Waals surface area contributed by atoms with Crippen molar-refractivity contribution >= 4 is 11.6 Å². The molecular weight excluding hydrogens is 370 g/mol. The minimum atomic E-state index is -0.311. The molecule has 0 unspecified atom stereocenters. The van der Waals surface area contributed by atoms with E-state index in [-0.39, 0.29) is 17.2 Å². The zero-order valence-electron chi connectivity index (χ0n) is 17.6. The van der Waals surface area contributed by atoms with Gasteiger partial charge in [0.2, 0.25) is 5.91 Å². The van der Waals surface area contributed by atoms with Crippen LogP contribution in [0.2, 0.25) is 0 Å². The number of aromatic nitrogens is 2. The van der Waals surface area contributed by atoms with E-state index < -0.39 is 0 Å². The summed E-state index contributed by atoms with van der Waals surface area (Å²) in [7, 11) is 3.17. The molecule has 1 saturated heterocycles. The number of carbonyl (C=O) groups is 1. The Labute approximate surface area is 170 Å². The predicted molar refractivity (Wildman–Crippen MR) is 113 cm³/mol. The van der Waals surface area contributed by atoms with Crippen LogP contribution in [0.25, 0.3) is 0 Å². The number of anilines is 1. The number of carbonyl (C=O) groups excluding carboxylic acids is 1.